The summed E-state index contributed by atoms with van der Waals surface area (Å²) in [7, 11) is 0. The predicted octanol–water partition coefficient (Wildman–Crippen LogP) is 0.800. The van der Waals surface area contributed by atoms with Crippen molar-refractivity contribution >= 4 is 5.95 Å². The average Bonchev–Trinajstić information content (AvgIpc) is 2.98. The normalized spacial score (nSPS) is 17.9. The van der Waals surface area contributed by atoms with Crippen LogP contribution in [0.1, 0.15) is 12.8 Å². The van der Waals surface area contributed by atoms with Crippen LogP contribution in [0, 0.1) is 11.2 Å². The molecule has 0 amide bonds. The van der Waals surface area contributed by atoms with Gasteiger partial charge in [0.05, 0.1) is 19.0 Å². The Kier molecular flexibility index (Phi) is 2.33. The van der Waals surface area contributed by atoms with Gasteiger partial charge in [0.15, 0.2) is 5.82 Å². The van der Waals surface area contributed by atoms with Gasteiger partial charge in [-0.1, -0.05) is 0 Å². The van der Waals surface area contributed by atoms with Crippen LogP contribution in [0.5, 0.6) is 0 Å². The third kappa shape index (κ3) is 1.98. The van der Waals surface area contributed by atoms with Crippen LogP contribution in [0.15, 0.2) is 12.4 Å². The number of aromatic nitrogens is 2. The molecule has 76 valence electrons. The van der Waals surface area contributed by atoms with E-state index >= 15 is 0 Å². The van der Waals surface area contributed by atoms with Crippen molar-refractivity contribution in [1.29, 1.82) is 0 Å². The Morgan fingerprint density at radius 3 is 2.57 bits per heavy atom. The first-order valence-electron chi connectivity index (χ1n) is 4.56. The highest BCUT2D eigenvalue weighted by molar-refractivity contribution is 5.24. The molecule has 1 aromatic heterocycles. The fourth-order valence-electron chi connectivity index (χ4n) is 1.24. The molecule has 1 heterocycles. The number of hydrogen-bond donors (Lipinski definition) is 2. The van der Waals surface area contributed by atoms with Crippen molar-refractivity contribution in [3.63, 3.8) is 0 Å². The van der Waals surface area contributed by atoms with E-state index in [-0.39, 0.29) is 12.0 Å². The summed E-state index contributed by atoms with van der Waals surface area (Å²) in [5, 5.41) is 12.0. The summed E-state index contributed by atoms with van der Waals surface area (Å²) < 4.78 is 12.4. The maximum Gasteiger partial charge on any atom is 0.222 e. The summed E-state index contributed by atoms with van der Waals surface area (Å²) in [6.45, 7) is 0.830. The highest BCUT2D eigenvalue weighted by atomic mass is 19.1. The van der Waals surface area contributed by atoms with Crippen molar-refractivity contribution in [2.24, 2.45) is 5.41 Å². The highest BCUT2D eigenvalue weighted by Gasteiger charge is 2.41. The molecular formula is C9H12FN3O. The largest absolute Gasteiger partial charge is 0.396 e. The van der Waals surface area contributed by atoms with Crippen molar-refractivity contribution in [1.82, 2.24) is 9.97 Å². The van der Waals surface area contributed by atoms with Gasteiger partial charge in [0.25, 0.3) is 0 Å². The van der Waals surface area contributed by atoms with Crippen molar-refractivity contribution in [3.8, 4) is 0 Å². The fourth-order valence-corrected chi connectivity index (χ4v) is 1.24. The molecule has 4 nitrogen and oxygen atoms in total. The van der Waals surface area contributed by atoms with Crippen molar-refractivity contribution in [2.45, 2.75) is 12.8 Å². The third-order valence-electron chi connectivity index (χ3n) is 2.53. The number of rotatable bonds is 4. The maximum atomic E-state index is 12.4. The number of aliphatic hydroxyl groups excluding tert-OH is 1. The summed E-state index contributed by atoms with van der Waals surface area (Å²) in [6.07, 6.45) is 4.29. The van der Waals surface area contributed by atoms with E-state index in [1.807, 2.05) is 0 Å². The summed E-state index contributed by atoms with van der Waals surface area (Å²) in [6, 6.07) is 0. The van der Waals surface area contributed by atoms with Crippen LogP contribution in [0.4, 0.5) is 10.3 Å². The Bertz CT molecular complexity index is 310. The lowest BCUT2D eigenvalue weighted by atomic mass is 10.1. The number of halogens is 1. The van der Waals surface area contributed by atoms with Gasteiger partial charge in [-0.25, -0.2) is 14.4 Å². The topological polar surface area (TPSA) is 58.0 Å². The maximum absolute atomic E-state index is 12.4. The van der Waals surface area contributed by atoms with E-state index in [2.05, 4.69) is 15.3 Å². The van der Waals surface area contributed by atoms with Crippen LogP contribution in [-0.4, -0.2) is 28.2 Å². The van der Waals surface area contributed by atoms with E-state index < -0.39 is 5.82 Å². The Labute approximate surface area is 81.2 Å². The summed E-state index contributed by atoms with van der Waals surface area (Å²) >= 11 is 0. The molecule has 0 unspecified atom stereocenters. The second-order valence-electron chi connectivity index (χ2n) is 3.74. The molecule has 0 aromatic carbocycles. The predicted molar refractivity (Wildman–Crippen MR) is 49.2 cm³/mol. The van der Waals surface area contributed by atoms with Crippen LogP contribution in [0.25, 0.3) is 0 Å². The number of nitrogens with zero attached hydrogens (tertiary/aromatic N) is 2. The molecule has 1 aliphatic carbocycles. The van der Waals surface area contributed by atoms with E-state index in [1.54, 1.807) is 0 Å². The van der Waals surface area contributed by atoms with Gasteiger partial charge in [0.2, 0.25) is 5.95 Å². The Morgan fingerprint density at radius 1 is 1.43 bits per heavy atom. The molecule has 14 heavy (non-hydrogen) atoms. The molecule has 0 spiro atoms. The lowest BCUT2D eigenvalue weighted by Crippen LogP contribution is -2.20. The summed E-state index contributed by atoms with van der Waals surface area (Å²) in [5.41, 5.74) is 0.0117. The average molecular weight is 197 g/mol. The first-order chi connectivity index (χ1) is 6.74. The summed E-state index contributed by atoms with van der Waals surface area (Å²) in [4.78, 5) is 7.53. The van der Waals surface area contributed by atoms with Crippen molar-refractivity contribution in [2.75, 3.05) is 18.5 Å². The van der Waals surface area contributed by atoms with E-state index in [0.29, 0.717) is 12.5 Å². The molecule has 1 aliphatic rings. The van der Waals surface area contributed by atoms with E-state index in [0.717, 1.165) is 25.2 Å². The zero-order valence-corrected chi connectivity index (χ0v) is 7.70. The number of anilines is 1. The van der Waals surface area contributed by atoms with Gasteiger partial charge in [-0.05, 0) is 12.8 Å². The highest BCUT2D eigenvalue weighted by Crippen LogP contribution is 2.44. The van der Waals surface area contributed by atoms with Crippen LogP contribution >= 0.6 is 0 Å². The third-order valence-corrected chi connectivity index (χ3v) is 2.53. The van der Waals surface area contributed by atoms with Crippen molar-refractivity contribution < 1.29 is 9.50 Å². The zero-order valence-electron chi connectivity index (χ0n) is 7.70. The van der Waals surface area contributed by atoms with Crippen molar-refractivity contribution in [3.05, 3.63) is 18.2 Å². The quantitative estimate of drug-likeness (QED) is 0.749. The number of aliphatic hydroxyl groups is 1. The van der Waals surface area contributed by atoms with Gasteiger partial charge in [0.1, 0.15) is 0 Å². The minimum atomic E-state index is -0.446. The van der Waals surface area contributed by atoms with Crippen LogP contribution in [0.3, 0.4) is 0 Å². The zero-order chi connectivity index (χ0) is 10.0. The first kappa shape index (κ1) is 9.33. The van der Waals surface area contributed by atoms with Gasteiger partial charge in [-0.15, -0.1) is 0 Å². The Balaban J connectivity index is 1.89. The van der Waals surface area contributed by atoms with E-state index in [4.69, 9.17) is 5.11 Å². The monoisotopic (exact) mass is 197 g/mol. The SMILES string of the molecule is OCC1(CNc2ncc(F)cn2)CC1. The lowest BCUT2D eigenvalue weighted by molar-refractivity contribution is 0.219. The Morgan fingerprint density at radius 2 is 2.07 bits per heavy atom. The first-order valence-corrected chi connectivity index (χ1v) is 4.56. The lowest BCUT2D eigenvalue weighted by Gasteiger charge is -2.11. The molecule has 5 heteroatoms. The molecular weight excluding hydrogens is 185 g/mol. The molecule has 0 saturated heterocycles. The van der Waals surface area contributed by atoms with Gasteiger partial charge < -0.3 is 10.4 Å². The van der Waals surface area contributed by atoms with Crippen LogP contribution in [0.2, 0.25) is 0 Å². The van der Waals surface area contributed by atoms with Gasteiger partial charge in [-0.3, -0.25) is 0 Å². The second-order valence-corrected chi connectivity index (χ2v) is 3.74. The molecule has 1 saturated carbocycles. The summed E-state index contributed by atoms with van der Waals surface area (Å²) in [5.74, 6) is -0.0371. The molecule has 2 rings (SSSR count). The molecule has 0 aliphatic heterocycles. The fraction of sp³-hybridized carbons (Fsp3) is 0.556. The second kappa shape index (κ2) is 3.49. The molecule has 0 bridgehead atoms. The van der Waals surface area contributed by atoms with Gasteiger partial charge in [-0.2, -0.15) is 0 Å². The van der Waals surface area contributed by atoms with Crippen LogP contribution < -0.4 is 5.32 Å². The van der Waals surface area contributed by atoms with Crippen LogP contribution in [-0.2, 0) is 0 Å². The standard InChI is InChI=1S/C9H12FN3O/c10-7-3-11-8(12-4-7)13-5-9(6-14)1-2-9/h3-4,14H,1-2,5-6H2,(H,11,12,13). The van der Waals surface area contributed by atoms with E-state index in [9.17, 15) is 4.39 Å². The molecule has 0 atom stereocenters. The van der Waals surface area contributed by atoms with Gasteiger partial charge >= 0.3 is 0 Å². The molecule has 0 radical (unpaired) electrons. The molecule has 1 aromatic rings. The number of nitrogens with one attached hydrogen (secondary N) is 1. The van der Waals surface area contributed by atoms with E-state index in [1.165, 1.54) is 0 Å². The van der Waals surface area contributed by atoms with Gasteiger partial charge in [0, 0.05) is 12.0 Å². The minimum absolute atomic E-state index is 0.0117. The molecule has 1 fully saturated rings. The smallest absolute Gasteiger partial charge is 0.222 e. The Hall–Kier alpha value is -1.23. The number of hydrogen-bond acceptors (Lipinski definition) is 4. The molecule has 2 N–H and O–H groups in total. The minimum Gasteiger partial charge on any atom is -0.396 e.